The number of amides is 1. The Hall–Kier alpha value is -4.17. The summed E-state index contributed by atoms with van der Waals surface area (Å²) < 4.78 is 20.1. The van der Waals surface area contributed by atoms with Crippen LogP contribution in [0.4, 0.5) is 15.8 Å². The molecule has 0 aliphatic carbocycles. The van der Waals surface area contributed by atoms with Crippen molar-refractivity contribution in [3.63, 3.8) is 0 Å². The minimum absolute atomic E-state index is 0.000384. The number of hydrogen-bond acceptors (Lipinski definition) is 6. The average molecular weight is 445 g/mol. The number of hydrogen-bond donors (Lipinski definition) is 2. The first-order chi connectivity index (χ1) is 15.9. The highest BCUT2D eigenvalue weighted by molar-refractivity contribution is 6.05. The molecule has 0 saturated carbocycles. The number of carbonyl (C=O) groups excluding carboxylic acids is 2. The summed E-state index contributed by atoms with van der Waals surface area (Å²) in [6, 6.07) is 13.9. The van der Waals surface area contributed by atoms with Gasteiger partial charge in [0.25, 0.3) is 5.91 Å². The minimum atomic E-state index is -0.648. The van der Waals surface area contributed by atoms with Gasteiger partial charge in [-0.3, -0.25) is 14.6 Å². The molecular weight excluding hydrogens is 425 g/mol. The second-order valence-corrected chi connectivity index (χ2v) is 7.39. The molecule has 0 aliphatic heterocycles. The number of aromatic nitrogens is 1. The van der Waals surface area contributed by atoms with Crippen LogP contribution in [-0.2, 0) is 6.61 Å². The average Bonchev–Trinajstić information content (AvgIpc) is 2.81. The van der Waals surface area contributed by atoms with E-state index < -0.39 is 11.7 Å². The quantitative estimate of drug-likeness (QED) is 0.442. The largest absolute Gasteiger partial charge is 0.436 e. The Morgan fingerprint density at radius 1 is 1.15 bits per heavy atom. The van der Waals surface area contributed by atoms with Gasteiger partial charge in [0.05, 0.1) is 23.7 Å². The number of aryl methyl sites for hydroxylation is 1. The van der Waals surface area contributed by atoms with Crippen LogP contribution in [0, 0.1) is 12.7 Å². The van der Waals surface area contributed by atoms with E-state index in [1.807, 2.05) is 0 Å². The van der Waals surface area contributed by atoms with Crippen molar-refractivity contribution in [1.82, 2.24) is 4.98 Å². The predicted molar refractivity (Wildman–Crippen MR) is 121 cm³/mol. The maximum absolute atomic E-state index is 14.1. The molecule has 0 aliphatic rings. The lowest BCUT2D eigenvalue weighted by Crippen LogP contribution is -2.22. The third-order valence-electron chi connectivity index (χ3n) is 5.07. The Labute approximate surface area is 188 Å². The Morgan fingerprint density at radius 3 is 2.67 bits per heavy atom. The second kappa shape index (κ2) is 9.13. The highest BCUT2D eigenvalue weighted by atomic mass is 19.1. The molecule has 0 radical (unpaired) electrons. The number of aliphatic hydroxyl groups is 1. The fraction of sp³-hybridized carbons (Fsp3) is 0.120. The van der Waals surface area contributed by atoms with E-state index in [1.165, 1.54) is 37.4 Å². The number of nitrogens with one attached hydrogen (secondary N) is 1. The van der Waals surface area contributed by atoms with Crippen LogP contribution in [0.3, 0.4) is 0 Å². The number of rotatable bonds is 5. The van der Waals surface area contributed by atoms with Gasteiger partial charge < -0.3 is 14.8 Å². The zero-order chi connectivity index (χ0) is 23.5. The number of benzene rings is 2. The first-order valence-corrected chi connectivity index (χ1v) is 10.1. The lowest BCUT2D eigenvalue weighted by molar-refractivity contribution is 0.101. The van der Waals surface area contributed by atoms with E-state index in [-0.39, 0.29) is 29.2 Å². The molecule has 2 aromatic carbocycles. The summed E-state index contributed by atoms with van der Waals surface area (Å²) in [6.07, 6.45) is 1.50. The third kappa shape index (κ3) is 4.56. The van der Waals surface area contributed by atoms with Crippen molar-refractivity contribution in [2.75, 3.05) is 5.32 Å². The first kappa shape index (κ1) is 22.0. The SMILES string of the molecule is CC(=O)c1cccc(N=c2oc3c(C)ncc(CO)c3cc2C(=O)Nc2ccccc2F)c1. The number of ketones is 1. The Morgan fingerprint density at radius 2 is 1.94 bits per heavy atom. The van der Waals surface area contributed by atoms with Gasteiger partial charge in [-0.05, 0) is 44.2 Å². The summed E-state index contributed by atoms with van der Waals surface area (Å²) in [5, 5.41) is 12.7. The molecule has 0 unspecified atom stereocenters. The normalized spacial score (nSPS) is 11.6. The number of pyridine rings is 1. The van der Waals surface area contributed by atoms with E-state index in [0.717, 1.165) is 0 Å². The van der Waals surface area contributed by atoms with Gasteiger partial charge in [0, 0.05) is 22.7 Å². The molecule has 7 nitrogen and oxygen atoms in total. The maximum atomic E-state index is 14.1. The van der Waals surface area contributed by atoms with Gasteiger partial charge in [-0.15, -0.1) is 0 Å². The van der Waals surface area contributed by atoms with Gasteiger partial charge >= 0.3 is 0 Å². The number of para-hydroxylation sites is 1. The first-order valence-electron chi connectivity index (χ1n) is 10.1. The molecule has 2 heterocycles. The van der Waals surface area contributed by atoms with Gasteiger partial charge in [-0.2, -0.15) is 0 Å². The summed E-state index contributed by atoms with van der Waals surface area (Å²) in [6.45, 7) is 2.86. The van der Waals surface area contributed by atoms with E-state index in [2.05, 4.69) is 15.3 Å². The molecule has 0 atom stereocenters. The number of halogens is 1. The van der Waals surface area contributed by atoms with Crippen molar-refractivity contribution in [3.8, 4) is 0 Å². The molecule has 166 valence electrons. The standard InChI is InChI=1S/C25H20FN3O4/c1-14-23-19(17(13-30)12-27-14)11-20(24(32)29-22-9-4-3-8-21(22)26)25(33-23)28-18-7-5-6-16(10-18)15(2)31/h3-12,30H,13H2,1-2H3,(H,29,32). The van der Waals surface area contributed by atoms with Gasteiger partial charge in [0.2, 0.25) is 5.55 Å². The van der Waals surface area contributed by atoms with Crippen LogP contribution in [-0.4, -0.2) is 21.8 Å². The summed E-state index contributed by atoms with van der Waals surface area (Å²) >= 11 is 0. The van der Waals surface area contributed by atoms with Crippen molar-refractivity contribution < 1.29 is 23.5 Å². The Kier molecular flexibility index (Phi) is 6.10. The van der Waals surface area contributed by atoms with E-state index in [0.29, 0.717) is 33.5 Å². The van der Waals surface area contributed by atoms with Crippen molar-refractivity contribution in [2.24, 2.45) is 4.99 Å². The lowest BCUT2D eigenvalue weighted by Gasteiger charge is -2.10. The van der Waals surface area contributed by atoms with Crippen molar-refractivity contribution in [2.45, 2.75) is 20.5 Å². The van der Waals surface area contributed by atoms with Crippen molar-refractivity contribution in [1.29, 1.82) is 0 Å². The number of nitrogens with zero attached hydrogens (tertiary/aromatic N) is 2. The van der Waals surface area contributed by atoms with Crippen LogP contribution in [0.2, 0.25) is 0 Å². The molecule has 4 rings (SSSR count). The topological polar surface area (TPSA) is 105 Å². The minimum Gasteiger partial charge on any atom is -0.436 e. The fourth-order valence-electron chi connectivity index (χ4n) is 3.32. The molecule has 0 spiro atoms. The highest BCUT2D eigenvalue weighted by Crippen LogP contribution is 2.23. The molecule has 4 aromatic rings. The molecular formula is C25H20FN3O4. The van der Waals surface area contributed by atoms with Crippen LogP contribution in [0.15, 0.2) is 70.2 Å². The van der Waals surface area contributed by atoms with E-state index in [9.17, 15) is 19.1 Å². The number of anilines is 1. The van der Waals surface area contributed by atoms with Crippen molar-refractivity contribution in [3.05, 3.63) is 94.5 Å². The number of carbonyl (C=O) groups is 2. The van der Waals surface area contributed by atoms with Gasteiger partial charge in [0.15, 0.2) is 11.4 Å². The zero-order valence-corrected chi connectivity index (χ0v) is 17.9. The van der Waals surface area contributed by atoms with Crippen molar-refractivity contribution >= 4 is 34.0 Å². The maximum Gasteiger partial charge on any atom is 0.261 e. The van der Waals surface area contributed by atoms with Gasteiger partial charge in [0.1, 0.15) is 11.4 Å². The molecule has 0 fully saturated rings. The van der Waals surface area contributed by atoms with Crippen LogP contribution in [0.1, 0.15) is 38.9 Å². The van der Waals surface area contributed by atoms with E-state index in [4.69, 9.17) is 4.42 Å². The highest BCUT2D eigenvalue weighted by Gasteiger charge is 2.17. The molecule has 0 bridgehead atoms. The summed E-state index contributed by atoms with van der Waals surface area (Å²) in [5.41, 5.74) is 2.19. The zero-order valence-electron chi connectivity index (χ0n) is 17.9. The molecule has 2 aromatic heterocycles. The predicted octanol–water partition coefficient (Wildman–Crippen LogP) is 4.45. The number of aliphatic hydroxyl groups excluding tert-OH is 1. The van der Waals surface area contributed by atoms with Crippen LogP contribution in [0.5, 0.6) is 0 Å². The molecule has 1 amide bonds. The number of Topliss-reactive ketones (excluding diaryl/α,β-unsaturated/α-hetero) is 1. The van der Waals surface area contributed by atoms with Gasteiger partial charge in [-0.1, -0.05) is 24.3 Å². The Balaban J connectivity index is 1.94. The third-order valence-corrected chi connectivity index (χ3v) is 5.07. The summed E-state index contributed by atoms with van der Waals surface area (Å²) in [7, 11) is 0. The van der Waals surface area contributed by atoms with Crippen LogP contribution >= 0.6 is 0 Å². The Bertz CT molecular complexity index is 1460. The molecule has 33 heavy (non-hydrogen) atoms. The molecule has 2 N–H and O–H groups in total. The van der Waals surface area contributed by atoms with E-state index >= 15 is 0 Å². The summed E-state index contributed by atoms with van der Waals surface area (Å²) in [4.78, 5) is 33.6. The fourth-order valence-corrected chi connectivity index (χ4v) is 3.32. The van der Waals surface area contributed by atoms with E-state index in [1.54, 1.807) is 37.3 Å². The summed E-state index contributed by atoms with van der Waals surface area (Å²) in [5.74, 6) is -1.37. The second-order valence-electron chi connectivity index (χ2n) is 7.39. The van der Waals surface area contributed by atoms with Gasteiger partial charge in [-0.25, -0.2) is 9.38 Å². The number of fused-ring (bicyclic) bond motifs is 1. The smallest absolute Gasteiger partial charge is 0.261 e. The lowest BCUT2D eigenvalue weighted by atomic mass is 10.1. The molecule has 8 heteroatoms. The van der Waals surface area contributed by atoms with Crippen LogP contribution < -0.4 is 10.9 Å². The monoisotopic (exact) mass is 445 g/mol. The van der Waals surface area contributed by atoms with Crippen LogP contribution in [0.25, 0.3) is 11.0 Å². The molecule has 0 saturated heterocycles.